The van der Waals surface area contributed by atoms with Crippen LogP contribution in [0.25, 0.3) is 10.8 Å². The smallest absolute Gasteiger partial charge is 0.259 e. The summed E-state index contributed by atoms with van der Waals surface area (Å²) in [4.78, 5) is 19.7. The highest BCUT2D eigenvalue weighted by Crippen LogP contribution is 2.40. The number of nitrogens with zero attached hydrogens (tertiary/aromatic N) is 1. The van der Waals surface area contributed by atoms with Crippen molar-refractivity contribution in [3.05, 3.63) is 124 Å². The van der Waals surface area contributed by atoms with Crippen LogP contribution in [0.4, 0.5) is 15.1 Å². The monoisotopic (exact) mass is 534 g/mol. The van der Waals surface area contributed by atoms with E-state index in [4.69, 9.17) is 9.73 Å². The highest BCUT2D eigenvalue weighted by atomic mass is 32.1. The van der Waals surface area contributed by atoms with Crippen LogP contribution in [-0.4, -0.2) is 12.1 Å². The van der Waals surface area contributed by atoms with E-state index in [2.05, 4.69) is 11.4 Å². The summed E-state index contributed by atoms with van der Waals surface area (Å²) in [5.41, 5.74) is 4.27. The minimum Gasteiger partial charge on any atom is -0.488 e. The number of amides is 1. The van der Waals surface area contributed by atoms with Gasteiger partial charge in [0.1, 0.15) is 23.2 Å². The van der Waals surface area contributed by atoms with Crippen LogP contribution in [0.2, 0.25) is 0 Å². The summed E-state index contributed by atoms with van der Waals surface area (Å²) in [7, 11) is 0. The highest BCUT2D eigenvalue weighted by Gasteiger charge is 2.25. The molecule has 1 aromatic heterocycles. The third-order valence-corrected chi connectivity index (χ3v) is 8.16. The first-order valence-corrected chi connectivity index (χ1v) is 13.9. The van der Waals surface area contributed by atoms with Crippen LogP contribution in [0.15, 0.2) is 96.0 Å². The number of hydrogen-bond donors (Lipinski definition) is 1. The lowest BCUT2D eigenvalue weighted by molar-refractivity contribution is 0.102. The third kappa shape index (κ3) is 5.47. The van der Waals surface area contributed by atoms with E-state index >= 15 is 0 Å². The number of thiophene rings is 1. The number of anilines is 1. The molecule has 0 unspecified atom stereocenters. The SMILES string of the molecule is O=C(Nc1ccccc1)c1c(N=Cc2c(OCc3ccc(F)cc3)ccc3ccccc23)sc2c1CCCC2. The van der Waals surface area contributed by atoms with E-state index in [9.17, 15) is 9.18 Å². The fourth-order valence-electron chi connectivity index (χ4n) is 4.99. The molecule has 0 saturated heterocycles. The number of fused-ring (bicyclic) bond motifs is 2. The number of ether oxygens (including phenoxy) is 1. The molecule has 1 heterocycles. The van der Waals surface area contributed by atoms with Crippen molar-refractivity contribution in [3.8, 4) is 5.75 Å². The first kappa shape index (κ1) is 25.0. The summed E-state index contributed by atoms with van der Waals surface area (Å²) >= 11 is 1.61. The molecule has 39 heavy (non-hydrogen) atoms. The zero-order valence-corrected chi connectivity index (χ0v) is 22.1. The Bertz CT molecular complexity index is 1660. The van der Waals surface area contributed by atoms with Gasteiger partial charge in [0.2, 0.25) is 0 Å². The normalized spacial score (nSPS) is 12.9. The van der Waals surface area contributed by atoms with Crippen LogP contribution in [0.5, 0.6) is 5.75 Å². The maximum atomic E-state index is 13.5. The van der Waals surface area contributed by atoms with Crippen LogP contribution in [-0.2, 0) is 19.4 Å². The van der Waals surface area contributed by atoms with E-state index in [0.717, 1.165) is 58.8 Å². The van der Waals surface area contributed by atoms with Gasteiger partial charge in [0, 0.05) is 22.3 Å². The molecule has 1 aliphatic carbocycles. The third-order valence-electron chi connectivity index (χ3n) is 6.96. The number of carbonyl (C=O) groups is 1. The summed E-state index contributed by atoms with van der Waals surface area (Å²) in [6.45, 7) is 0.303. The standard InChI is InChI=1S/C33H27FN2O2S/c34-24-17-14-22(15-18-24)21-38-29-19-16-23-8-4-5-11-26(23)28(29)20-35-33-31(27-12-6-7-13-30(27)39-33)32(37)36-25-9-2-1-3-10-25/h1-5,8-11,14-20H,6-7,12-13,21H2,(H,36,37). The number of carbonyl (C=O) groups excluding carboxylic acids is 1. The molecule has 0 radical (unpaired) electrons. The van der Waals surface area contributed by atoms with Crippen molar-refractivity contribution in [2.45, 2.75) is 32.3 Å². The molecule has 6 heteroatoms. The van der Waals surface area contributed by atoms with E-state index in [0.29, 0.717) is 22.9 Å². The molecule has 4 nitrogen and oxygen atoms in total. The first-order chi connectivity index (χ1) is 19.2. The average molecular weight is 535 g/mol. The molecule has 194 valence electrons. The van der Waals surface area contributed by atoms with Gasteiger partial charge in [0.15, 0.2) is 0 Å². The van der Waals surface area contributed by atoms with Crippen molar-refractivity contribution in [2.75, 3.05) is 5.32 Å². The second-order valence-electron chi connectivity index (χ2n) is 9.58. The Hall–Kier alpha value is -4.29. The van der Waals surface area contributed by atoms with E-state index < -0.39 is 0 Å². The molecule has 0 spiro atoms. The number of halogens is 1. The Morgan fingerprint density at radius 2 is 1.69 bits per heavy atom. The molecule has 1 N–H and O–H groups in total. The Morgan fingerprint density at radius 3 is 2.54 bits per heavy atom. The maximum absolute atomic E-state index is 13.5. The molecule has 5 aromatic rings. The van der Waals surface area contributed by atoms with E-state index in [1.165, 1.54) is 17.0 Å². The molecule has 6 rings (SSSR count). The van der Waals surface area contributed by atoms with E-state index in [1.807, 2.05) is 66.9 Å². The molecule has 0 saturated carbocycles. The number of nitrogens with one attached hydrogen (secondary N) is 1. The van der Waals surface area contributed by atoms with Crippen molar-refractivity contribution in [1.29, 1.82) is 0 Å². The van der Waals surface area contributed by atoms with Gasteiger partial charge in [0.25, 0.3) is 5.91 Å². The Balaban J connectivity index is 1.37. The van der Waals surface area contributed by atoms with Gasteiger partial charge in [-0.25, -0.2) is 9.38 Å². The number of hydrogen-bond acceptors (Lipinski definition) is 4. The summed E-state index contributed by atoms with van der Waals surface area (Å²) in [6.07, 6.45) is 5.88. The van der Waals surface area contributed by atoms with Gasteiger partial charge in [-0.1, -0.05) is 60.7 Å². The van der Waals surface area contributed by atoms with Crippen molar-refractivity contribution in [1.82, 2.24) is 0 Å². The van der Waals surface area contributed by atoms with Crippen molar-refractivity contribution in [2.24, 2.45) is 4.99 Å². The molecule has 0 fully saturated rings. The molecule has 1 aliphatic rings. The summed E-state index contributed by atoms with van der Waals surface area (Å²) in [5.74, 6) is 0.278. The largest absolute Gasteiger partial charge is 0.488 e. The first-order valence-electron chi connectivity index (χ1n) is 13.1. The summed E-state index contributed by atoms with van der Waals surface area (Å²) < 4.78 is 19.6. The predicted octanol–water partition coefficient (Wildman–Crippen LogP) is 8.50. The summed E-state index contributed by atoms with van der Waals surface area (Å²) in [6, 6.07) is 27.9. The minimum atomic E-state index is -0.275. The number of para-hydroxylation sites is 1. The molecular weight excluding hydrogens is 507 g/mol. The lowest BCUT2D eigenvalue weighted by atomic mass is 9.95. The van der Waals surface area contributed by atoms with Crippen LogP contribution in [0.1, 0.15) is 44.8 Å². The van der Waals surface area contributed by atoms with Gasteiger partial charge in [0.05, 0.1) is 5.56 Å². The lowest BCUT2D eigenvalue weighted by Crippen LogP contribution is -2.14. The lowest BCUT2D eigenvalue weighted by Gasteiger charge is -2.13. The van der Waals surface area contributed by atoms with Crippen molar-refractivity contribution < 1.29 is 13.9 Å². The van der Waals surface area contributed by atoms with Crippen LogP contribution >= 0.6 is 11.3 Å². The second-order valence-corrected chi connectivity index (χ2v) is 10.7. The Kier molecular flexibility index (Phi) is 7.19. The van der Waals surface area contributed by atoms with Crippen molar-refractivity contribution >= 4 is 44.9 Å². The molecule has 4 aromatic carbocycles. The second kappa shape index (κ2) is 11.2. The molecule has 0 aliphatic heterocycles. The van der Waals surface area contributed by atoms with Gasteiger partial charge in [-0.3, -0.25) is 4.79 Å². The minimum absolute atomic E-state index is 0.126. The van der Waals surface area contributed by atoms with Crippen molar-refractivity contribution in [3.63, 3.8) is 0 Å². The van der Waals surface area contributed by atoms with Crippen LogP contribution in [0.3, 0.4) is 0 Å². The fourth-order valence-corrected chi connectivity index (χ4v) is 6.22. The molecule has 0 atom stereocenters. The number of aryl methyl sites for hydroxylation is 1. The van der Waals surface area contributed by atoms with E-state index in [1.54, 1.807) is 23.5 Å². The Morgan fingerprint density at radius 1 is 0.923 bits per heavy atom. The van der Waals surface area contributed by atoms with Crippen LogP contribution < -0.4 is 10.1 Å². The Labute approximate surface area is 230 Å². The summed E-state index contributed by atoms with van der Waals surface area (Å²) in [5, 5.41) is 5.85. The van der Waals surface area contributed by atoms with Crippen LogP contribution in [0, 0.1) is 5.82 Å². The fraction of sp³-hybridized carbons (Fsp3) is 0.152. The molecule has 0 bridgehead atoms. The topological polar surface area (TPSA) is 50.7 Å². The van der Waals surface area contributed by atoms with Gasteiger partial charge >= 0.3 is 0 Å². The highest BCUT2D eigenvalue weighted by molar-refractivity contribution is 7.16. The quantitative estimate of drug-likeness (QED) is 0.213. The maximum Gasteiger partial charge on any atom is 0.259 e. The molecular formula is C33H27FN2O2S. The van der Waals surface area contributed by atoms with Gasteiger partial charge in [-0.05, 0) is 77.9 Å². The van der Waals surface area contributed by atoms with Gasteiger partial charge in [-0.15, -0.1) is 11.3 Å². The average Bonchev–Trinajstić information content (AvgIpc) is 3.35. The zero-order chi connectivity index (χ0) is 26.6. The zero-order valence-electron chi connectivity index (χ0n) is 21.3. The number of rotatable bonds is 7. The molecule has 1 amide bonds. The van der Waals surface area contributed by atoms with E-state index in [-0.39, 0.29) is 11.7 Å². The number of benzene rings is 4. The van der Waals surface area contributed by atoms with Gasteiger partial charge < -0.3 is 10.1 Å². The number of aliphatic imine (C=N–C) groups is 1. The van der Waals surface area contributed by atoms with Gasteiger partial charge in [-0.2, -0.15) is 0 Å². The predicted molar refractivity (Wildman–Crippen MR) is 157 cm³/mol.